The molecule has 0 aliphatic carbocycles. The van der Waals surface area contributed by atoms with Crippen molar-refractivity contribution < 1.29 is 14.7 Å². The molecule has 0 aromatic carbocycles. The average molecular weight is 260 g/mol. The third kappa shape index (κ3) is 4.11. The highest BCUT2D eigenvalue weighted by molar-refractivity contribution is 7.99. The standard InChI is InChI=1S/C11H20N2O3S/c1-11(2,3)13(8-9(14)15)10(16)12-4-6-17-7-5-12/h4-8H2,1-3H3,(H,14,15). The predicted octanol–water partition coefficient (Wildman–Crippen LogP) is 1.34. The lowest BCUT2D eigenvalue weighted by Gasteiger charge is -2.39. The van der Waals surface area contributed by atoms with Crippen LogP contribution in [0.2, 0.25) is 0 Å². The van der Waals surface area contributed by atoms with E-state index in [0.717, 1.165) is 11.5 Å². The van der Waals surface area contributed by atoms with Gasteiger partial charge in [0.15, 0.2) is 0 Å². The maximum absolute atomic E-state index is 12.3. The SMILES string of the molecule is CC(C)(C)N(CC(=O)O)C(=O)N1CCSCC1. The van der Waals surface area contributed by atoms with Gasteiger partial charge in [0.05, 0.1) is 0 Å². The van der Waals surface area contributed by atoms with Crippen molar-refractivity contribution in [1.29, 1.82) is 0 Å². The molecule has 0 aromatic heterocycles. The van der Waals surface area contributed by atoms with Crippen molar-refractivity contribution in [1.82, 2.24) is 9.80 Å². The van der Waals surface area contributed by atoms with Gasteiger partial charge in [-0.3, -0.25) is 4.79 Å². The minimum atomic E-state index is -0.973. The molecule has 0 atom stereocenters. The molecule has 1 saturated heterocycles. The second-order valence-electron chi connectivity index (χ2n) is 5.03. The second kappa shape index (κ2) is 5.62. The number of carboxylic acid groups (broad SMARTS) is 1. The topological polar surface area (TPSA) is 60.9 Å². The van der Waals surface area contributed by atoms with Gasteiger partial charge < -0.3 is 14.9 Å². The molecule has 1 heterocycles. The number of carbonyl (C=O) groups excluding carboxylic acids is 1. The van der Waals surface area contributed by atoms with Crippen LogP contribution in [0.15, 0.2) is 0 Å². The summed E-state index contributed by atoms with van der Waals surface area (Å²) in [5, 5.41) is 8.88. The first-order valence-corrected chi connectivity index (χ1v) is 6.84. The van der Waals surface area contributed by atoms with Gasteiger partial charge in [-0.1, -0.05) is 0 Å². The van der Waals surface area contributed by atoms with Crippen molar-refractivity contribution in [3.05, 3.63) is 0 Å². The highest BCUT2D eigenvalue weighted by Gasteiger charge is 2.32. The van der Waals surface area contributed by atoms with E-state index in [1.807, 2.05) is 32.5 Å². The zero-order valence-corrected chi connectivity index (χ0v) is 11.4. The fourth-order valence-corrected chi connectivity index (χ4v) is 2.56. The molecule has 0 radical (unpaired) electrons. The van der Waals surface area contributed by atoms with E-state index in [0.29, 0.717) is 13.1 Å². The van der Waals surface area contributed by atoms with Crippen LogP contribution in [0.1, 0.15) is 20.8 Å². The van der Waals surface area contributed by atoms with Gasteiger partial charge in [-0.25, -0.2) is 4.79 Å². The number of carboxylic acids is 1. The maximum Gasteiger partial charge on any atom is 0.323 e. The highest BCUT2D eigenvalue weighted by Crippen LogP contribution is 2.18. The first-order chi connectivity index (χ1) is 7.82. The molecule has 98 valence electrons. The first-order valence-electron chi connectivity index (χ1n) is 5.68. The molecule has 5 nitrogen and oxygen atoms in total. The number of hydrogen-bond donors (Lipinski definition) is 1. The minimum absolute atomic E-state index is 0.166. The largest absolute Gasteiger partial charge is 0.480 e. The summed E-state index contributed by atoms with van der Waals surface area (Å²) in [4.78, 5) is 26.2. The smallest absolute Gasteiger partial charge is 0.323 e. The Morgan fingerprint density at radius 1 is 1.29 bits per heavy atom. The minimum Gasteiger partial charge on any atom is -0.480 e. The van der Waals surface area contributed by atoms with Crippen molar-refractivity contribution in [3.8, 4) is 0 Å². The highest BCUT2D eigenvalue weighted by atomic mass is 32.2. The monoisotopic (exact) mass is 260 g/mol. The van der Waals surface area contributed by atoms with Crippen LogP contribution in [0.25, 0.3) is 0 Å². The van der Waals surface area contributed by atoms with Crippen LogP contribution < -0.4 is 0 Å². The van der Waals surface area contributed by atoms with E-state index in [-0.39, 0.29) is 12.6 Å². The molecule has 0 unspecified atom stereocenters. The van der Waals surface area contributed by atoms with Crippen LogP contribution in [0.5, 0.6) is 0 Å². The third-order valence-corrected chi connectivity index (χ3v) is 3.56. The number of rotatable bonds is 2. The van der Waals surface area contributed by atoms with E-state index in [9.17, 15) is 9.59 Å². The number of amides is 2. The average Bonchev–Trinajstić information content (AvgIpc) is 2.24. The van der Waals surface area contributed by atoms with E-state index in [2.05, 4.69) is 0 Å². The van der Waals surface area contributed by atoms with Gasteiger partial charge in [0.2, 0.25) is 0 Å². The molecular formula is C11H20N2O3S. The zero-order valence-electron chi connectivity index (χ0n) is 10.6. The van der Waals surface area contributed by atoms with Crippen molar-refractivity contribution in [3.63, 3.8) is 0 Å². The van der Waals surface area contributed by atoms with Gasteiger partial charge in [-0.15, -0.1) is 0 Å². The quantitative estimate of drug-likeness (QED) is 0.814. The van der Waals surface area contributed by atoms with Gasteiger partial charge >= 0.3 is 12.0 Å². The number of aliphatic carboxylic acids is 1. The Bertz CT molecular complexity index is 296. The lowest BCUT2D eigenvalue weighted by Crippen LogP contribution is -2.55. The molecule has 1 aliphatic heterocycles. The second-order valence-corrected chi connectivity index (χ2v) is 6.26. The molecule has 0 saturated carbocycles. The van der Waals surface area contributed by atoms with Crippen LogP contribution in [0, 0.1) is 0 Å². The molecule has 6 heteroatoms. The summed E-state index contributed by atoms with van der Waals surface area (Å²) in [6.45, 7) is 6.73. The predicted molar refractivity (Wildman–Crippen MR) is 68.4 cm³/mol. The fourth-order valence-electron chi connectivity index (χ4n) is 1.65. The van der Waals surface area contributed by atoms with E-state index in [4.69, 9.17) is 5.11 Å². The number of hydrogen-bond acceptors (Lipinski definition) is 3. The number of urea groups is 1. The summed E-state index contributed by atoms with van der Waals surface area (Å²) >= 11 is 1.82. The number of carbonyl (C=O) groups is 2. The first kappa shape index (κ1) is 14.2. The van der Waals surface area contributed by atoms with Gasteiger partial charge in [-0.2, -0.15) is 11.8 Å². The Hall–Kier alpha value is -0.910. The van der Waals surface area contributed by atoms with E-state index < -0.39 is 11.5 Å². The van der Waals surface area contributed by atoms with Gasteiger partial charge in [-0.05, 0) is 20.8 Å². The van der Waals surface area contributed by atoms with E-state index in [1.54, 1.807) is 4.90 Å². The summed E-state index contributed by atoms with van der Waals surface area (Å²) in [6, 6.07) is -0.166. The van der Waals surface area contributed by atoms with Gasteiger partial charge in [0.1, 0.15) is 6.54 Å². The lowest BCUT2D eigenvalue weighted by molar-refractivity contribution is -0.138. The number of thioether (sulfide) groups is 1. The molecule has 1 rings (SSSR count). The molecule has 0 aromatic rings. The summed E-state index contributed by atoms with van der Waals surface area (Å²) in [6.07, 6.45) is 0. The molecule has 1 fully saturated rings. The van der Waals surface area contributed by atoms with Crippen molar-refractivity contribution >= 4 is 23.8 Å². The third-order valence-electron chi connectivity index (χ3n) is 2.62. The molecule has 2 amide bonds. The van der Waals surface area contributed by atoms with Crippen LogP contribution >= 0.6 is 11.8 Å². The van der Waals surface area contributed by atoms with E-state index >= 15 is 0 Å². The summed E-state index contributed by atoms with van der Waals surface area (Å²) in [7, 11) is 0. The van der Waals surface area contributed by atoms with Crippen molar-refractivity contribution in [2.24, 2.45) is 0 Å². The van der Waals surface area contributed by atoms with Crippen LogP contribution in [-0.4, -0.2) is 63.6 Å². The summed E-state index contributed by atoms with van der Waals surface area (Å²) < 4.78 is 0. The number of nitrogens with zero attached hydrogens (tertiary/aromatic N) is 2. The Morgan fingerprint density at radius 2 is 1.82 bits per heavy atom. The molecule has 17 heavy (non-hydrogen) atoms. The Balaban J connectivity index is 2.74. The Kier molecular flexibility index (Phi) is 4.68. The maximum atomic E-state index is 12.3. The Labute approximate surface area is 106 Å². The Morgan fingerprint density at radius 3 is 2.24 bits per heavy atom. The van der Waals surface area contributed by atoms with Gasteiger partial charge in [0.25, 0.3) is 0 Å². The van der Waals surface area contributed by atoms with Crippen LogP contribution in [0.3, 0.4) is 0 Å². The summed E-state index contributed by atoms with van der Waals surface area (Å²) in [5.41, 5.74) is -0.472. The molecule has 0 bridgehead atoms. The molecule has 0 spiro atoms. The molecule has 1 N–H and O–H groups in total. The molecule has 1 aliphatic rings. The van der Waals surface area contributed by atoms with Crippen LogP contribution in [0.4, 0.5) is 4.79 Å². The van der Waals surface area contributed by atoms with E-state index in [1.165, 1.54) is 4.90 Å². The fraction of sp³-hybridized carbons (Fsp3) is 0.818. The van der Waals surface area contributed by atoms with Gasteiger partial charge in [0, 0.05) is 30.1 Å². The lowest BCUT2D eigenvalue weighted by atomic mass is 10.1. The molecular weight excluding hydrogens is 240 g/mol. The summed E-state index contributed by atoms with van der Waals surface area (Å²) in [5.74, 6) is 0.882. The van der Waals surface area contributed by atoms with Crippen LogP contribution in [-0.2, 0) is 4.79 Å². The zero-order chi connectivity index (χ0) is 13.1. The van der Waals surface area contributed by atoms with Crippen molar-refractivity contribution in [2.45, 2.75) is 26.3 Å². The normalized spacial score (nSPS) is 16.8. The van der Waals surface area contributed by atoms with Crippen molar-refractivity contribution in [2.75, 3.05) is 31.1 Å².